The molecule has 0 aliphatic heterocycles. The smallest absolute Gasteiger partial charge is 0.134 e. The highest BCUT2D eigenvalue weighted by molar-refractivity contribution is 6.34. The number of ether oxygens (including phenoxy) is 1. The molecule has 5 heteroatoms. The van der Waals surface area contributed by atoms with Crippen LogP contribution in [0.15, 0.2) is 46.9 Å². The molecular formula is C16H13Cl2NO2. The van der Waals surface area contributed by atoms with Crippen LogP contribution in [0, 0.1) is 0 Å². The van der Waals surface area contributed by atoms with Gasteiger partial charge in [0.15, 0.2) is 0 Å². The van der Waals surface area contributed by atoms with E-state index in [0.717, 1.165) is 22.3 Å². The Bertz CT molecular complexity index is 763. The maximum Gasteiger partial charge on any atom is 0.134 e. The third-order valence-electron chi connectivity index (χ3n) is 3.19. The van der Waals surface area contributed by atoms with Gasteiger partial charge in [-0.25, -0.2) is 0 Å². The highest BCUT2D eigenvalue weighted by Crippen LogP contribution is 2.29. The second-order valence-corrected chi connectivity index (χ2v) is 5.47. The van der Waals surface area contributed by atoms with Crippen molar-refractivity contribution < 1.29 is 9.15 Å². The summed E-state index contributed by atoms with van der Waals surface area (Å²) in [6.07, 6.45) is 0. The van der Waals surface area contributed by atoms with E-state index < -0.39 is 0 Å². The number of nitrogens with two attached hydrogens (primary N) is 1. The highest BCUT2D eigenvalue weighted by atomic mass is 35.5. The molecule has 108 valence electrons. The molecule has 0 radical (unpaired) electrons. The van der Waals surface area contributed by atoms with E-state index >= 15 is 0 Å². The fraction of sp³-hybridized carbons (Fsp3) is 0.125. The van der Waals surface area contributed by atoms with Crippen molar-refractivity contribution in [1.29, 1.82) is 0 Å². The van der Waals surface area contributed by atoms with Gasteiger partial charge in [-0.05, 0) is 24.3 Å². The number of hydrogen-bond donors (Lipinski definition) is 1. The second-order valence-electron chi connectivity index (χ2n) is 4.60. The molecule has 0 saturated carbocycles. The SMILES string of the molecule is NCc1oc2ccccc2c1COc1cc(Cl)cc(Cl)c1. The van der Waals surface area contributed by atoms with E-state index in [1.807, 2.05) is 24.3 Å². The first-order chi connectivity index (χ1) is 10.2. The third-order valence-corrected chi connectivity index (χ3v) is 3.62. The molecule has 0 amide bonds. The molecule has 0 unspecified atom stereocenters. The summed E-state index contributed by atoms with van der Waals surface area (Å²) in [4.78, 5) is 0. The zero-order chi connectivity index (χ0) is 14.8. The minimum atomic E-state index is 0.323. The lowest BCUT2D eigenvalue weighted by molar-refractivity contribution is 0.303. The largest absolute Gasteiger partial charge is 0.489 e. The number of furan rings is 1. The van der Waals surface area contributed by atoms with E-state index in [1.165, 1.54) is 0 Å². The number of benzene rings is 2. The van der Waals surface area contributed by atoms with Crippen molar-refractivity contribution in [2.24, 2.45) is 5.73 Å². The summed E-state index contributed by atoms with van der Waals surface area (Å²) in [6, 6.07) is 12.9. The fourth-order valence-corrected chi connectivity index (χ4v) is 2.75. The molecule has 3 rings (SSSR count). The molecule has 2 N–H and O–H groups in total. The Morgan fingerprint density at radius 1 is 1.05 bits per heavy atom. The van der Waals surface area contributed by atoms with Gasteiger partial charge in [-0.2, -0.15) is 0 Å². The Morgan fingerprint density at radius 2 is 1.76 bits per heavy atom. The molecule has 0 aliphatic carbocycles. The first-order valence-corrected chi connectivity index (χ1v) is 7.21. The van der Waals surface area contributed by atoms with Crippen molar-refractivity contribution in [3.05, 3.63) is 63.8 Å². The van der Waals surface area contributed by atoms with Crippen molar-refractivity contribution in [2.75, 3.05) is 0 Å². The van der Waals surface area contributed by atoms with Crippen LogP contribution in [0.3, 0.4) is 0 Å². The third kappa shape index (κ3) is 3.00. The van der Waals surface area contributed by atoms with E-state index in [9.17, 15) is 0 Å². The predicted octanol–water partition coefficient (Wildman–Crippen LogP) is 4.78. The van der Waals surface area contributed by atoms with Crippen LogP contribution in [0.1, 0.15) is 11.3 Å². The van der Waals surface area contributed by atoms with Crippen molar-refractivity contribution >= 4 is 34.2 Å². The number of para-hydroxylation sites is 1. The molecule has 0 atom stereocenters. The molecule has 0 aliphatic rings. The summed E-state index contributed by atoms with van der Waals surface area (Å²) in [5.41, 5.74) is 7.49. The summed E-state index contributed by atoms with van der Waals surface area (Å²) >= 11 is 11.9. The van der Waals surface area contributed by atoms with E-state index in [-0.39, 0.29) is 0 Å². The van der Waals surface area contributed by atoms with Gasteiger partial charge in [0.05, 0.1) is 6.54 Å². The monoisotopic (exact) mass is 321 g/mol. The molecule has 0 bridgehead atoms. The van der Waals surface area contributed by atoms with Gasteiger partial charge in [0.25, 0.3) is 0 Å². The maximum atomic E-state index is 5.96. The average molecular weight is 322 g/mol. The topological polar surface area (TPSA) is 48.4 Å². The summed E-state index contributed by atoms with van der Waals surface area (Å²) in [5.74, 6) is 1.34. The molecular weight excluding hydrogens is 309 g/mol. The van der Waals surface area contributed by atoms with Crippen LogP contribution in [0.2, 0.25) is 10.0 Å². The van der Waals surface area contributed by atoms with Gasteiger partial charge in [-0.15, -0.1) is 0 Å². The Hall–Kier alpha value is -1.68. The van der Waals surface area contributed by atoms with E-state index in [0.29, 0.717) is 28.9 Å². The number of halogens is 2. The molecule has 1 aromatic heterocycles. The van der Waals surface area contributed by atoms with Gasteiger partial charge in [0.2, 0.25) is 0 Å². The lowest BCUT2D eigenvalue weighted by atomic mass is 10.1. The summed E-state index contributed by atoms with van der Waals surface area (Å²) in [6.45, 7) is 0.671. The Balaban J connectivity index is 1.90. The van der Waals surface area contributed by atoms with Crippen LogP contribution in [0.4, 0.5) is 0 Å². The molecule has 0 fully saturated rings. The summed E-state index contributed by atoms with van der Waals surface area (Å²) in [5, 5.41) is 2.08. The van der Waals surface area contributed by atoms with Crippen LogP contribution in [0.25, 0.3) is 11.0 Å². The van der Waals surface area contributed by atoms with Crippen molar-refractivity contribution in [3.8, 4) is 5.75 Å². The molecule has 21 heavy (non-hydrogen) atoms. The van der Waals surface area contributed by atoms with Crippen LogP contribution in [-0.4, -0.2) is 0 Å². The van der Waals surface area contributed by atoms with Crippen LogP contribution >= 0.6 is 23.2 Å². The van der Waals surface area contributed by atoms with E-state index in [2.05, 4.69) is 0 Å². The number of hydrogen-bond acceptors (Lipinski definition) is 3. The van der Waals surface area contributed by atoms with Gasteiger partial charge in [-0.1, -0.05) is 41.4 Å². The van der Waals surface area contributed by atoms with E-state index in [4.69, 9.17) is 38.1 Å². The first kappa shape index (κ1) is 14.3. The van der Waals surface area contributed by atoms with Gasteiger partial charge in [0, 0.05) is 21.0 Å². The normalized spacial score (nSPS) is 11.0. The fourth-order valence-electron chi connectivity index (χ4n) is 2.24. The molecule has 3 nitrogen and oxygen atoms in total. The predicted molar refractivity (Wildman–Crippen MR) is 84.9 cm³/mol. The van der Waals surface area contributed by atoms with E-state index in [1.54, 1.807) is 18.2 Å². The zero-order valence-corrected chi connectivity index (χ0v) is 12.6. The average Bonchev–Trinajstić information content (AvgIpc) is 2.82. The Kier molecular flexibility index (Phi) is 4.06. The molecule has 1 heterocycles. The summed E-state index contributed by atoms with van der Waals surface area (Å²) < 4.78 is 11.5. The number of fused-ring (bicyclic) bond motifs is 1. The quantitative estimate of drug-likeness (QED) is 0.752. The number of rotatable bonds is 4. The van der Waals surface area contributed by atoms with Gasteiger partial charge in [-0.3, -0.25) is 0 Å². The van der Waals surface area contributed by atoms with Gasteiger partial charge < -0.3 is 14.9 Å². The molecule has 0 saturated heterocycles. The first-order valence-electron chi connectivity index (χ1n) is 6.45. The maximum absolute atomic E-state index is 5.96. The van der Waals surface area contributed by atoms with Crippen LogP contribution < -0.4 is 10.5 Å². The minimum Gasteiger partial charge on any atom is -0.489 e. The van der Waals surface area contributed by atoms with Crippen molar-refractivity contribution in [1.82, 2.24) is 0 Å². The Morgan fingerprint density at radius 3 is 2.48 bits per heavy atom. The van der Waals surface area contributed by atoms with Crippen LogP contribution in [0.5, 0.6) is 5.75 Å². The zero-order valence-electron chi connectivity index (χ0n) is 11.1. The van der Waals surface area contributed by atoms with Gasteiger partial charge in [0.1, 0.15) is 23.7 Å². The van der Waals surface area contributed by atoms with Crippen molar-refractivity contribution in [2.45, 2.75) is 13.2 Å². The van der Waals surface area contributed by atoms with Crippen LogP contribution in [-0.2, 0) is 13.2 Å². The molecule has 2 aromatic carbocycles. The van der Waals surface area contributed by atoms with Crippen molar-refractivity contribution in [3.63, 3.8) is 0 Å². The standard InChI is InChI=1S/C16H13Cl2NO2/c17-10-5-11(18)7-12(6-10)20-9-14-13-3-1-2-4-15(13)21-16(14)8-19/h1-7H,8-9,19H2. The minimum absolute atomic E-state index is 0.323. The molecule has 3 aromatic rings. The van der Waals surface area contributed by atoms with Gasteiger partial charge >= 0.3 is 0 Å². The lowest BCUT2D eigenvalue weighted by Crippen LogP contribution is -2.02. The Labute approximate surface area is 132 Å². The summed E-state index contributed by atoms with van der Waals surface area (Å²) in [7, 11) is 0. The highest BCUT2D eigenvalue weighted by Gasteiger charge is 2.13. The molecule has 0 spiro atoms. The lowest BCUT2D eigenvalue weighted by Gasteiger charge is -2.07. The second kappa shape index (κ2) is 5.98.